The van der Waals surface area contributed by atoms with Gasteiger partial charge in [-0.1, -0.05) is 12.1 Å². The van der Waals surface area contributed by atoms with E-state index in [1.807, 2.05) is 19.1 Å². The lowest BCUT2D eigenvalue weighted by atomic mass is 9.81. The standard InChI is InChI=1S/C29H27F3N6O2/c1-17-13-18(10-12-33-17)25-21-14-19(8-9-22(21)36-37-25)26(39)34-20-5-4-11-28(40,15-20)16-38-24-7-3-2-6-23(24)35-27(38)29(30,31)32/h2-3,6-10,12-14,20,40H,4-5,11,15-16H2,1H3,(H,34,39)(H,36,37)/t20-,28-/m1/s1. The predicted octanol–water partition coefficient (Wildman–Crippen LogP) is 5.41. The van der Waals surface area contributed by atoms with Crippen molar-refractivity contribution in [1.82, 2.24) is 30.0 Å². The minimum absolute atomic E-state index is 0.123. The summed E-state index contributed by atoms with van der Waals surface area (Å²) in [4.78, 5) is 21.3. The van der Waals surface area contributed by atoms with Gasteiger partial charge >= 0.3 is 6.18 Å². The lowest BCUT2D eigenvalue weighted by Gasteiger charge is -2.37. The first-order chi connectivity index (χ1) is 19.1. The third kappa shape index (κ3) is 4.92. The lowest BCUT2D eigenvalue weighted by Crippen LogP contribution is -2.48. The highest BCUT2D eigenvalue weighted by atomic mass is 19.4. The summed E-state index contributed by atoms with van der Waals surface area (Å²) in [5.41, 5.74) is 2.71. The second-order valence-corrected chi connectivity index (χ2v) is 10.5. The normalized spacial score (nSPS) is 19.8. The molecule has 0 unspecified atom stereocenters. The van der Waals surface area contributed by atoms with Gasteiger partial charge in [0, 0.05) is 34.4 Å². The van der Waals surface area contributed by atoms with E-state index in [0.29, 0.717) is 36.0 Å². The fourth-order valence-corrected chi connectivity index (χ4v) is 5.69. The maximum atomic E-state index is 13.8. The molecule has 2 atom stereocenters. The van der Waals surface area contributed by atoms with Crippen molar-refractivity contribution in [3.05, 3.63) is 77.9 Å². The average Bonchev–Trinajstić information content (AvgIpc) is 3.50. The number of carbonyl (C=O) groups excluding carboxylic acids is 1. The molecule has 0 aliphatic heterocycles. The number of hydrogen-bond acceptors (Lipinski definition) is 5. The second kappa shape index (κ2) is 9.74. The molecule has 3 N–H and O–H groups in total. The van der Waals surface area contributed by atoms with Crippen LogP contribution in [0.1, 0.15) is 47.6 Å². The number of aromatic amines is 1. The molecular formula is C29H27F3N6O2. The summed E-state index contributed by atoms with van der Waals surface area (Å²) in [6, 6.07) is 15.0. The fourth-order valence-electron chi connectivity index (χ4n) is 5.69. The van der Waals surface area contributed by atoms with E-state index in [4.69, 9.17) is 0 Å². The first-order valence-electron chi connectivity index (χ1n) is 13.1. The number of nitrogens with one attached hydrogen (secondary N) is 2. The Balaban J connectivity index is 1.22. The van der Waals surface area contributed by atoms with Gasteiger partial charge in [-0.25, -0.2) is 4.98 Å². The Morgan fingerprint density at radius 2 is 2.02 bits per heavy atom. The maximum absolute atomic E-state index is 13.8. The second-order valence-electron chi connectivity index (χ2n) is 10.5. The number of nitrogens with zero attached hydrogens (tertiary/aromatic N) is 4. The molecule has 40 heavy (non-hydrogen) atoms. The number of aryl methyl sites for hydroxylation is 1. The monoisotopic (exact) mass is 548 g/mol. The first-order valence-corrected chi connectivity index (χ1v) is 13.1. The van der Waals surface area contributed by atoms with Crippen molar-refractivity contribution in [2.24, 2.45) is 0 Å². The van der Waals surface area contributed by atoms with Crippen molar-refractivity contribution in [1.29, 1.82) is 0 Å². The number of benzene rings is 2. The molecular weight excluding hydrogens is 521 g/mol. The fraction of sp³-hybridized carbons (Fsp3) is 0.310. The zero-order valence-corrected chi connectivity index (χ0v) is 21.7. The topological polar surface area (TPSA) is 109 Å². The smallest absolute Gasteiger partial charge is 0.388 e. The summed E-state index contributed by atoms with van der Waals surface area (Å²) in [6.07, 6.45) is -1.35. The quantitative estimate of drug-likeness (QED) is 0.272. The molecule has 1 saturated carbocycles. The van der Waals surface area contributed by atoms with Gasteiger partial charge in [0.05, 0.1) is 28.7 Å². The molecule has 1 aliphatic rings. The summed E-state index contributed by atoms with van der Waals surface area (Å²) in [7, 11) is 0. The van der Waals surface area contributed by atoms with Gasteiger partial charge in [-0.15, -0.1) is 0 Å². The van der Waals surface area contributed by atoms with Crippen LogP contribution < -0.4 is 5.32 Å². The molecule has 1 aliphatic carbocycles. The van der Waals surface area contributed by atoms with E-state index < -0.39 is 23.6 Å². The number of amides is 1. The minimum Gasteiger partial charge on any atom is -0.388 e. The summed E-state index contributed by atoms with van der Waals surface area (Å²) in [5, 5.41) is 22.6. The summed E-state index contributed by atoms with van der Waals surface area (Å²) >= 11 is 0. The van der Waals surface area contributed by atoms with E-state index in [1.165, 1.54) is 6.07 Å². The maximum Gasteiger partial charge on any atom is 0.449 e. The number of halogens is 3. The molecule has 206 valence electrons. The third-order valence-electron chi connectivity index (χ3n) is 7.51. The zero-order chi connectivity index (χ0) is 28.1. The Kier molecular flexibility index (Phi) is 6.33. The molecule has 2 aromatic carbocycles. The molecule has 0 saturated heterocycles. The number of imidazole rings is 1. The summed E-state index contributed by atoms with van der Waals surface area (Å²) in [5.74, 6) is -1.36. The van der Waals surface area contributed by atoms with Gasteiger partial charge < -0.3 is 15.0 Å². The highest BCUT2D eigenvalue weighted by Gasteiger charge is 2.41. The number of aromatic nitrogens is 5. The molecule has 1 amide bonds. The van der Waals surface area contributed by atoms with E-state index in [2.05, 4.69) is 25.5 Å². The minimum atomic E-state index is -4.67. The van der Waals surface area contributed by atoms with Crippen LogP contribution in [0.4, 0.5) is 13.2 Å². The Hall–Kier alpha value is -4.25. The summed E-state index contributed by atoms with van der Waals surface area (Å²) < 4.78 is 42.5. The van der Waals surface area contributed by atoms with Gasteiger partial charge in [0.2, 0.25) is 5.82 Å². The van der Waals surface area contributed by atoms with Crippen LogP contribution in [-0.2, 0) is 12.7 Å². The van der Waals surface area contributed by atoms with E-state index in [9.17, 15) is 23.1 Å². The van der Waals surface area contributed by atoms with E-state index in [-0.39, 0.29) is 24.4 Å². The van der Waals surface area contributed by atoms with Gasteiger partial charge in [0.15, 0.2) is 0 Å². The van der Waals surface area contributed by atoms with Gasteiger partial charge in [-0.2, -0.15) is 18.3 Å². The summed E-state index contributed by atoms with van der Waals surface area (Å²) in [6.45, 7) is 1.62. The Morgan fingerprint density at radius 3 is 2.83 bits per heavy atom. The molecule has 8 nitrogen and oxygen atoms in total. The van der Waals surface area contributed by atoms with Gasteiger partial charge in [0.1, 0.15) is 5.69 Å². The van der Waals surface area contributed by atoms with Crippen molar-refractivity contribution < 1.29 is 23.1 Å². The van der Waals surface area contributed by atoms with Crippen LogP contribution >= 0.6 is 0 Å². The largest absolute Gasteiger partial charge is 0.449 e. The van der Waals surface area contributed by atoms with E-state index in [0.717, 1.165) is 26.7 Å². The highest BCUT2D eigenvalue weighted by molar-refractivity contribution is 6.01. The van der Waals surface area contributed by atoms with Crippen LogP contribution in [0.25, 0.3) is 33.2 Å². The predicted molar refractivity (Wildman–Crippen MR) is 143 cm³/mol. The lowest BCUT2D eigenvalue weighted by molar-refractivity contribution is -0.148. The molecule has 3 aromatic heterocycles. The first kappa shape index (κ1) is 26.0. The third-order valence-corrected chi connectivity index (χ3v) is 7.51. The van der Waals surface area contributed by atoms with E-state index >= 15 is 0 Å². The zero-order valence-electron chi connectivity index (χ0n) is 21.7. The molecule has 5 aromatic rings. The molecule has 3 heterocycles. The average molecular weight is 549 g/mol. The van der Waals surface area contributed by atoms with E-state index in [1.54, 1.807) is 42.6 Å². The Morgan fingerprint density at radius 1 is 1.20 bits per heavy atom. The molecule has 0 bridgehead atoms. The number of rotatable bonds is 5. The number of alkyl halides is 3. The number of para-hydroxylation sites is 2. The van der Waals surface area contributed by atoms with Gasteiger partial charge in [0.25, 0.3) is 5.91 Å². The number of hydrogen-bond donors (Lipinski definition) is 3. The van der Waals surface area contributed by atoms with Gasteiger partial charge in [-0.3, -0.25) is 14.9 Å². The van der Waals surface area contributed by atoms with Crippen LogP contribution in [0.2, 0.25) is 0 Å². The SMILES string of the molecule is Cc1cc(-c2n[nH]c3ccc(C(=O)N[C@@H]4CCC[C@](O)(Cn5c(C(F)(F)F)nc6ccccc65)C4)cc23)ccn1. The van der Waals surface area contributed by atoms with Crippen LogP contribution in [0.15, 0.2) is 60.8 Å². The van der Waals surface area contributed by atoms with Crippen molar-refractivity contribution in [3.8, 4) is 11.3 Å². The van der Waals surface area contributed by atoms with Gasteiger partial charge in [-0.05, 0) is 75.1 Å². The molecule has 11 heteroatoms. The van der Waals surface area contributed by atoms with Crippen molar-refractivity contribution in [2.45, 2.75) is 57.0 Å². The Bertz CT molecular complexity index is 1730. The molecule has 0 radical (unpaired) electrons. The van der Waals surface area contributed by atoms with Crippen LogP contribution in [0.3, 0.4) is 0 Å². The molecule has 6 rings (SSSR count). The molecule has 1 fully saturated rings. The van der Waals surface area contributed by atoms with Crippen LogP contribution in [-0.4, -0.2) is 47.4 Å². The Labute approximate surface area is 227 Å². The van der Waals surface area contributed by atoms with Crippen molar-refractivity contribution >= 4 is 27.8 Å². The van der Waals surface area contributed by atoms with Crippen LogP contribution in [0, 0.1) is 6.92 Å². The number of fused-ring (bicyclic) bond motifs is 2. The van der Waals surface area contributed by atoms with Crippen molar-refractivity contribution in [2.75, 3.05) is 0 Å². The molecule has 0 spiro atoms. The number of H-pyrrole nitrogens is 1. The number of carbonyl (C=O) groups is 1. The highest BCUT2D eigenvalue weighted by Crippen LogP contribution is 2.36. The van der Waals surface area contributed by atoms with Crippen molar-refractivity contribution in [3.63, 3.8) is 0 Å². The number of pyridine rings is 1. The number of aliphatic hydroxyl groups is 1. The van der Waals surface area contributed by atoms with Crippen LogP contribution in [0.5, 0.6) is 0 Å².